The summed E-state index contributed by atoms with van der Waals surface area (Å²) in [6, 6.07) is 8.03. The monoisotopic (exact) mass is 334 g/mol. The van der Waals surface area contributed by atoms with E-state index < -0.39 is 5.79 Å². The van der Waals surface area contributed by atoms with E-state index in [4.69, 9.17) is 9.47 Å². The third-order valence-corrected chi connectivity index (χ3v) is 3.67. The van der Waals surface area contributed by atoms with Gasteiger partial charge in [-0.2, -0.15) is 0 Å². The van der Waals surface area contributed by atoms with Crippen LogP contribution in [0.2, 0.25) is 0 Å². The van der Waals surface area contributed by atoms with Crippen molar-refractivity contribution in [2.75, 3.05) is 11.9 Å². The highest BCUT2D eigenvalue weighted by atomic mass is 79.9. The molecule has 2 nitrogen and oxygen atoms in total. The minimum atomic E-state index is -0.611. The van der Waals surface area contributed by atoms with E-state index in [9.17, 15) is 0 Å². The molecule has 0 bridgehead atoms. The summed E-state index contributed by atoms with van der Waals surface area (Å²) in [5.41, 5.74) is 1.05. The predicted octanol–water partition coefficient (Wildman–Crippen LogP) is 3.43. The maximum atomic E-state index is 5.84. The summed E-state index contributed by atoms with van der Waals surface area (Å²) in [5.74, 6) is -0.611. The summed E-state index contributed by atoms with van der Waals surface area (Å²) < 4.78 is 12.6. The second-order valence-electron chi connectivity index (χ2n) is 3.63. The van der Waals surface area contributed by atoms with Crippen molar-refractivity contribution in [1.29, 1.82) is 0 Å². The van der Waals surface area contributed by atoms with Crippen LogP contribution >= 0.6 is 31.9 Å². The molecule has 0 amide bonds. The van der Waals surface area contributed by atoms with Gasteiger partial charge in [-0.25, -0.2) is 0 Å². The van der Waals surface area contributed by atoms with Crippen molar-refractivity contribution >= 4 is 31.9 Å². The van der Waals surface area contributed by atoms with Crippen LogP contribution in [0.1, 0.15) is 12.5 Å². The second-order valence-corrected chi connectivity index (χ2v) is 5.11. The van der Waals surface area contributed by atoms with Crippen LogP contribution in [0.5, 0.6) is 0 Å². The third kappa shape index (κ3) is 2.28. The Kier molecular flexibility index (Phi) is 3.50. The summed E-state index contributed by atoms with van der Waals surface area (Å²) >= 11 is 6.87. The molecule has 1 heterocycles. The lowest BCUT2D eigenvalue weighted by Gasteiger charge is -2.26. The largest absolute Gasteiger partial charge is 0.342 e. The highest BCUT2D eigenvalue weighted by molar-refractivity contribution is 9.10. The Morgan fingerprint density at radius 3 is 2.53 bits per heavy atom. The van der Waals surface area contributed by atoms with Crippen molar-refractivity contribution in [3.05, 3.63) is 34.3 Å². The van der Waals surface area contributed by atoms with Gasteiger partial charge in [-0.05, 0) is 19.1 Å². The lowest BCUT2D eigenvalue weighted by Crippen LogP contribution is -2.29. The smallest absolute Gasteiger partial charge is 0.205 e. The Hall–Kier alpha value is 0.1000. The molecule has 0 saturated carbocycles. The van der Waals surface area contributed by atoms with Crippen LogP contribution in [0.4, 0.5) is 0 Å². The van der Waals surface area contributed by atoms with Crippen LogP contribution in [-0.4, -0.2) is 18.0 Å². The molecule has 0 aromatic heterocycles. The van der Waals surface area contributed by atoms with Gasteiger partial charge in [0.05, 0.1) is 18.0 Å². The molecule has 1 aliphatic rings. The first-order valence-electron chi connectivity index (χ1n) is 4.80. The quantitative estimate of drug-likeness (QED) is 0.771. The summed E-state index contributed by atoms with van der Waals surface area (Å²) in [5, 5.41) is 0.645. The number of ether oxygens (including phenoxy) is 2. The van der Waals surface area contributed by atoms with E-state index in [1.165, 1.54) is 0 Å². The first-order chi connectivity index (χ1) is 7.16. The number of hydrogen-bond acceptors (Lipinski definition) is 2. The average molecular weight is 336 g/mol. The molecule has 2 atom stereocenters. The molecular formula is C11H12Br2O2. The van der Waals surface area contributed by atoms with Crippen molar-refractivity contribution in [1.82, 2.24) is 0 Å². The number of rotatable bonds is 2. The van der Waals surface area contributed by atoms with Gasteiger partial charge in [-0.1, -0.05) is 44.0 Å². The first-order valence-corrected chi connectivity index (χ1v) is 6.71. The van der Waals surface area contributed by atoms with Gasteiger partial charge in [0.25, 0.3) is 0 Å². The van der Waals surface area contributed by atoms with E-state index in [0.717, 1.165) is 10.0 Å². The lowest BCUT2D eigenvalue weighted by molar-refractivity contribution is -0.154. The molecule has 0 radical (unpaired) electrons. The van der Waals surface area contributed by atoms with Crippen molar-refractivity contribution in [2.24, 2.45) is 0 Å². The first kappa shape index (κ1) is 11.6. The molecule has 15 heavy (non-hydrogen) atoms. The van der Waals surface area contributed by atoms with Gasteiger partial charge in [0.1, 0.15) is 0 Å². The maximum absolute atomic E-state index is 5.84. The molecule has 4 heteroatoms. The zero-order valence-corrected chi connectivity index (χ0v) is 11.5. The minimum absolute atomic E-state index is 0.145. The van der Waals surface area contributed by atoms with Gasteiger partial charge in [0, 0.05) is 10.0 Å². The Labute approximate surface area is 106 Å². The van der Waals surface area contributed by atoms with E-state index in [-0.39, 0.29) is 6.10 Å². The fourth-order valence-electron chi connectivity index (χ4n) is 1.65. The standard InChI is InChI=1S/C11H12Br2O2/c1-8-6-14-11(7-12,15-8)9-2-4-10(13)5-3-9/h2-5,8H,6-7H2,1H3/t8-,11?/m0/s1. The normalized spacial score (nSPS) is 30.7. The second kappa shape index (κ2) is 4.53. The van der Waals surface area contributed by atoms with Crippen LogP contribution in [0.3, 0.4) is 0 Å². The van der Waals surface area contributed by atoms with Gasteiger partial charge in [-0.15, -0.1) is 0 Å². The molecule has 1 aromatic rings. The maximum Gasteiger partial charge on any atom is 0.205 e. The van der Waals surface area contributed by atoms with Crippen molar-refractivity contribution in [2.45, 2.75) is 18.8 Å². The zero-order chi connectivity index (χ0) is 10.9. The van der Waals surface area contributed by atoms with E-state index in [0.29, 0.717) is 11.9 Å². The van der Waals surface area contributed by atoms with Crippen LogP contribution < -0.4 is 0 Å². The van der Waals surface area contributed by atoms with Crippen molar-refractivity contribution in [3.8, 4) is 0 Å². The van der Waals surface area contributed by atoms with Gasteiger partial charge >= 0.3 is 0 Å². The number of alkyl halides is 1. The summed E-state index contributed by atoms with van der Waals surface area (Å²) in [4.78, 5) is 0. The minimum Gasteiger partial charge on any atom is -0.342 e. The fraction of sp³-hybridized carbons (Fsp3) is 0.455. The van der Waals surface area contributed by atoms with Crippen LogP contribution in [0.15, 0.2) is 28.7 Å². The van der Waals surface area contributed by atoms with Crippen molar-refractivity contribution < 1.29 is 9.47 Å². The summed E-state index contributed by atoms with van der Waals surface area (Å²) in [6.45, 7) is 2.66. The Bertz CT molecular complexity index is 339. The van der Waals surface area contributed by atoms with E-state index in [2.05, 4.69) is 31.9 Å². The molecule has 1 saturated heterocycles. The fourth-order valence-corrected chi connectivity index (χ4v) is 2.53. The molecule has 1 unspecified atom stereocenters. The molecule has 1 fully saturated rings. The predicted molar refractivity (Wildman–Crippen MR) is 66.1 cm³/mol. The average Bonchev–Trinajstić information content (AvgIpc) is 2.62. The molecule has 0 N–H and O–H groups in total. The van der Waals surface area contributed by atoms with Gasteiger partial charge in [0.2, 0.25) is 5.79 Å². The van der Waals surface area contributed by atoms with E-state index >= 15 is 0 Å². The van der Waals surface area contributed by atoms with E-state index in [1.54, 1.807) is 0 Å². The molecule has 82 valence electrons. The summed E-state index contributed by atoms with van der Waals surface area (Å²) in [6.07, 6.45) is 0.145. The van der Waals surface area contributed by atoms with Crippen molar-refractivity contribution in [3.63, 3.8) is 0 Å². The Morgan fingerprint density at radius 1 is 1.40 bits per heavy atom. The lowest BCUT2D eigenvalue weighted by atomic mass is 10.1. The zero-order valence-electron chi connectivity index (χ0n) is 8.37. The highest BCUT2D eigenvalue weighted by Gasteiger charge is 2.40. The molecule has 0 spiro atoms. The third-order valence-electron chi connectivity index (χ3n) is 2.40. The Balaban J connectivity index is 2.30. The molecular weight excluding hydrogens is 324 g/mol. The van der Waals surface area contributed by atoms with Crippen LogP contribution in [0.25, 0.3) is 0 Å². The van der Waals surface area contributed by atoms with E-state index in [1.807, 2.05) is 31.2 Å². The van der Waals surface area contributed by atoms with Gasteiger partial charge in [0.15, 0.2) is 0 Å². The molecule has 1 aromatic carbocycles. The number of benzene rings is 1. The molecule has 0 aliphatic carbocycles. The number of halogens is 2. The highest BCUT2D eigenvalue weighted by Crippen LogP contribution is 2.36. The Morgan fingerprint density at radius 2 is 2.07 bits per heavy atom. The molecule has 1 aliphatic heterocycles. The van der Waals surface area contributed by atoms with Crippen LogP contribution in [-0.2, 0) is 15.3 Å². The SMILES string of the molecule is C[C@H]1COC(CBr)(c2ccc(Br)cc2)O1. The molecule has 2 rings (SSSR count). The van der Waals surface area contributed by atoms with Gasteiger partial charge in [-0.3, -0.25) is 0 Å². The summed E-state index contributed by atoms with van der Waals surface area (Å²) in [7, 11) is 0. The van der Waals surface area contributed by atoms with Gasteiger partial charge < -0.3 is 9.47 Å². The van der Waals surface area contributed by atoms with Crippen LogP contribution in [0, 0.1) is 0 Å². The number of hydrogen-bond donors (Lipinski definition) is 0. The topological polar surface area (TPSA) is 18.5 Å².